The first-order valence-electron chi connectivity index (χ1n) is 9.54. The highest BCUT2D eigenvalue weighted by Crippen LogP contribution is 2.36. The topological polar surface area (TPSA) is 76.2 Å². The number of hydrogen-bond donors (Lipinski definition) is 0. The average molecular weight is 451 g/mol. The Morgan fingerprint density at radius 1 is 1.03 bits per heavy atom. The van der Waals surface area contributed by atoms with Gasteiger partial charge >= 0.3 is 0 Å². The lowest BCUT2D eigenvalue weighted by Crippen LogP contribution is -2.61. The van der Waals surface area contributed by atoms with Crippen molar-refractivity contribution in [2.45, 2.75) is 18.6 Å². The number of nitrogens with zero attached hydrogens (tertiary/aromatic N) is 2. The number of halogens is 1. The fourth-order valence-corrected chi connectivity index (χ4v) is 6.47. The van der Waals surface area contributed by atoms with Crippen LogP contribution in [0.3, 0.4) is 0 Å². The SMILES string of the molecule is COc1ccc(CN2CC(=O)N(c3ccc(OC)c(Cl)c3)[C@@H]3CS(=O)(=O)C[C@H]32)cc1. The number of fused-ring (bicyclic) bond motifs is 1. The Bertz CT molecular complexity index is 1060. The minimum atomic E-state index is -3.27. The van der Waals surface area contributed by atoms with E-state index in [4.69, 9.17) is 21.1 Å². The summed E-state index contributed by atoms with van der Waals surface area (Å²) < 4.78 is 35.4. The summed E-state index contributed by atoms with van der Waals surface area (Å²) in [5.74, 6) is 1.07. The molecule has 2 aliphatic heterocycles. The molecule has 2 fully saturated rings. The summed E-state index contributed by atoms with van der Waals surface area (Å²) in [6.45, 7) is 0.621. The highest BCUT2D eigenvalue weighted by atomic mass is 35.5. The molecule has 0 bridgehead atoms. The molecule has 30 heavy (non-hydrogen) atoms. The lowest BCUT2D eigenvalue weighted by atomic mass is 10.0. The van der Waals surface area contributed by atoms with Crippen LogP contribution in [-0.4, -0.2) is 63.6 Å². The van der Waals surface area contributed by atoms with Crippen molar-refractivity contribution in [3.8, 4) is 11.5 Å². The maximum absolute atomic E-state index is 13.1. The zero-order chi connectivity index (χ0) is 21.5. The van der Waals surface area contributed by atoms with Gasteiger partial charge in [0.25, 0.3) is 0 Å². The van der Waals surface area contributed by atoms with Gasteiger partial charge in [0.2, 0.25) is 5.91 Å². The van der Waals surface area contributed by atoms with Crippen molar-refractivity contribution in [1.82, 2.24) is 4.90 Å². The Morgan fingerprint density at radius 3 is 2.37 bits per heavy atom. The van der Waals surface area contributed by atoms with Crippen LogP contribution >= 0.6 is 11.6 Å². The summed E-state index contributed by atoms with van der Waals surface area (Å²) in [6.07, 6.45) is 0. The lowest BCUT2D eigenvalue weighted by molar-refractivity contribution is -0.123. The summed E-state index contributed by atoms with van der Waals surface area (Å²) in [7, 11) is -0.144. The minimum Gasteiger partial charge on any atom is -0.497 e. The Morgan fingerprint density at radius 2 is 1.73 bits per heavy atom. The fraction of sp³-hybridized carbons (Fsp3) is 0.381. The molecule has 2 heterocycles. The van der Waals surface area contributed by atoms with Crippen LogP contribution in [-0.2, 0) is 21.2 Å². The van der Waals surface area contributed by atoms with Gasteiger partial charge in [0.1, 0.15) is 11.5 Å². The predicted molar refractivity (Wildman–Crippen MR) is 115 cm³/mol. The van der Waals surface area contributed by atoms with Crippen molar-refractivity contribution in [1.29, 1.82) is 0 Å². The Kier molecular flexibility index (Phi) is 5.65. The monoisotopic (exact) mass is 450 g/mol. The largest absolute Gasteiger partial charge is 0.497 e. The summed E-state index contributed by atoms with van der Waals surface area (Å²) >= 11 is 6.25. The lowest BCUT2D eigenvalue weighted by Gasteiger charge is -2.43. The van der Waals surface area contributed by atoms with Gasteiger partial charge in [0.05, 0.1) is 43.3 Å². The van der Waals surface area contributed by atoms with Crippen molar-refractivity contribution in [3.05, 3.63) is 53.1 Å². The molecule has 9 heteroatoms. The van der Waals surface area contributed by atoms with E-state index in [-0.39, 0.29) is 30.0 Å². The van der Waals surface area contributed by atoms with Crippen LogP contribution < -0.4 is 14.4 Å². The molecule has 0 aliphatic carbocycles. The number of benzene rings is 2. The summed E-state index contributed by atoms with van der Waals surface area (Å²) in [4.78, 5) is 16.7. The molecule has 160 valence electrons. The second-order valence-electron chi connectivity index (χ2n) is 7.55. The molecule has 1 amide bonds. The first-order valence-corrected chi connectivity index (χ1v) is 11.7. The van der Waals surface area contributed by atoms with Crippen LogP contribution in [0.25, 0.3) is 0 Å². The number of carbonyl (C=O) groups excluding carboxylic acids is 1. The van der Waals surface area contributed by atoms with Crippen LogP contribution in [0.1, 0.15) is 5.56 Å². The van der Waals surface area contributed by atoms with Gasteiger partial charge in [0.15, 0.2) is 9.84 Å². The maximum atomic E-state index is 13.1. The standard InChI is InChI=1S/C21H23ClN2O5S/c1-28-16-6-3-14(4-7-16)10-23-11-21(25)24(19-13-30(26,27)12-18(19)23)15-5-8-20(29-2)17(22)9-15/h3-9,18-19H,10-13H2,1-2H3/t18-,19-/m1/s1. The molecular weight excluding hydrogens is 428 g/mol. The minimum absolute atomic E-state index is 0.0293. The first kappa shape index (κ1) is 21.0. The van der Waals surface area contributed by atoms with Crippen LogP contribution in [0, 0.1) is 0 Å². The predicted octanol–water partition coefficient (Wildman–Crippen LogP) is 2.37. The van der Waals surface area contributed by atoms with E-state index in [2.05, 4.69) is 0 Å². The number of hydrogen-bond acceptors (Lipinski definition) is 6. The molecule has 2 aliphatic rings. The molecule has 4 rings (SSSR count). The molecule has 2 saturated heterocycles. The van der Waals surface area contributed by atoms with Gasteiger partial charge in [-0.15, -0.1) is 0 Å². The second kappa shape index (κ2) is 8.09. The molecule has 2 atom stereocenters. The van der Waals surface area contributed by atoms with Crippen molar-refractivity contribution >= 4 is 33.0 Å². The Labute approximate surface area is 181 Å². The molecule has 2 aromatic carbocycles. The molecule has 0 unspecified atom stereocenters. The fourth-order valence-electron chi connectivity index (χ4n) is 4.24. The molecule has 7 nitrogen and oxygen atoms in total. The van der Waals surface area contributed by atoms with E-state index in [0.29, 0.717) is 23.0 Å². The number of ether oxygens (including phenoxy) is 2. The van der Waals surface area contributed by atoms with E-state index in [0.717, 1.165) is 11.3 Å². The summed E-state index contributed by atoms with van der Waals surface area (Å²) in [5.41, 5.74) is 1.58. The third-order valence-corrected chi connectivity index (χ3v) is 7.65. The second-order valence-corrected chi connectivity index (χ2v) is 10.1. The molecule has 0 radical (unpaired) electrons. The molecular formula is C21H23ClN2O5S. The van der Waals surface area contributed by atoms with Crippen LogP contribution in [0.2, 0.25) is 5.02 Å². The third-order valence-electron chi connectivity index (χ3n) is 5.66. The summed E-state index contributed by atoms with van der Waals surface area (Å²) in [5, 5.41) is 0.376. The number of carbonyl (C=O) groups is 1. The number of methoxy groups -OCH3 is 2. The third kappa shape index (κ3) is 3.99. The van der Waals surface area contributed by atoms with E-state index in [1.807, 2.05) is 29.2 Å². The molecule has 2 aromatic rings. The smallest absolute Gasteiger partial charge is 0.241 e. The van der Waals surface area contributed by atoms with E-state index >= 15 is 0 Å². The van der Waals surface area contributed by atoms with Crippen molar-refractivity contribution in [2.24, 2.45) is 0 Å². The van der Waals surface area contributed by atoms with Gasteiger partial charge < -0.3 is 14.4 Å². The quantitative estimate of drug-likeness (QED) is 0.696. The van der Waals surface area contributed by atoms with Gasteiger partial charge in [-0.25, -0.2) is 8.42 Å². The highest BCUT2D eigenvalue weighted by Gasteiger charge is 2.49. The number of rotatable bonds is 5. The van der Waals surface area contributed by atoms with Crippen LogP contribution in [0.4, 0.5) is 5.69 Å². The van der Waals surface area contributed by atoms with Gasteiger partial charge in [-0.2, -0.15) is 0 Å². The Balaban J connectivity index is 1.64. The van der Waals surface area contributed by atoms with Crippen molar-refractivity contribution < 1.29 is 22.7 Å². The van der Waals surface area contributed by atoms with Gasteiger partial charge in [-0.05, 0) is 35.9 Å². The average Bonchev–Trinajstić information content (AvgIpc) is 3.03. The number of amides is 1. The molecule has 0 N–H and O–H groups in total. The zero-order valence-electron chi connectivity index (χ0n) is 16.7. The van der Waals surface area contributed by atoms with E-state index in [9.17, 15) is 13.2 Å². The van der Waals surface area contributed by atoms with E-state index < -0.39 is 15.9 Å². The van der Waals surface area contributed by atoms with Crippen LogP contribution in [0.15, 0.2) is 42.5 Å². The number of anilines is 1. The molecule has 0 aromatic heterocycles. The molecule has 0 saturated carbocycles. The van der Waals surface area contributed by atoms with E-state index in [1.54, 1.807) is 30.2 Å². The zero-order valence-corrected chi connectivity index (χ0v) is 18.3. The first-order chi connectivity index (χ1) is 14.3. The highest BCUT2D eigenvalue weighted by molar-refractivity contribution is 7.91. The number of piperazine rings is 1. The van der Waals surface area contributed by atoms with Crippen molar-refractivity contribution in [3.63, 3.8) is 0 Å². The van der Waals surface area contributed by atoms with Crippen LogP contribution in [0.5, 0.6) is 11.5 Å². The van der Waals surface area contributed by atoms with Gasteiger partial charge in [0, 0.05) is 18.3 Å². The van der Waals surface area contributed by atoms with Gasteiger partial charge in [-0.3, -0.25) is 9.69 Å². The van der Waals surface area contributed by atoms with E-state index in [1.165, 1.54) is 7.11 Å². The number of sulfone groups is 1. The van der Waals surface area contributed by atoms with Gasteiger partial charge in [-0.1, -0.05) is 23.7 Å². The normalized spacial score (nSPS) is 23.3. The maximum Gasteiger partial charge on any atom is 0.241 e. The summed E-state index contributed by atoms with van der Waals surface area (Å²) in [6, 6.07) is 11.9. The van der Waals surface area contributed by atoms with Crippen molar-refractivity contribution in [2.75, 3.05) is 37.2 Å². The molecule has 0 spiro atoms. The Hall–Kier alpha value is -2.29.